The van der Waals surface area contributed by atoms with Gasteiger partial charge in [-0.05, 0) is 105 Å². The second-order valence-corrected chi connectivity index (χ2v) is 18.3. The molecule has 2 aliphatic heterocycles. The van der Waals surface area contributed by atoms with E-state index >= 15 is 0 Å². The summed E-state index contributed by atoms with van der Waals surface area (Å²) in [5.41, 5.74) is 17.3. The van der Waals surface area contributed by atoms with E-state index in [4.69, 9.17) is 9.72 Å². The van der Waals surface area contributed by atoms with Gasteiger partial charge in [0.05, 0.1) is 18.1 Å². The number of nitrogens with zero attached hydrogens (tertiary/aromatic N) is 8. The normalized spacial score (nSPS) is 11.8. The van der Waals surface area contributed by atoms with Crippen molar-refractivity contribution >= 4 is 53.4 Å². The third-order valence-corrected chi connectivity index (χ3v) is 13.6. The Morgan fingerprint density at radius 3 is 1.33 bits per heavy atom. The van der Waals surface area contributed by atoms with Gasteiger partial charge in [-0.1, -0.05) is 157 Å². The van der Waals surface area contributed by atoms with Gasteiger partial charge in [-0.3, -0.25) is 9.36 Å². The molecule has 390 valence electrons. The maximum absolute atomic E-state index is 6.10. The van der Waals surface area contributed by atoms with Crippen molar-refractivity contribution in [2.45, 2.75) is 12.8 Å². The van der Waals surface area contributed by atoms with Gasteiger partial charge in [0.15, 0.2) is 17.3 Å². The number of anilines is 6. The second kappa shape index (κ2) is 25.1. The first-order valence-electron chi connectivity index (χ1n) is 25.2. The number of fused-ring (bicyclic) bond motifs is 4. The number of aryl methyl sites for hydroxylation is 2. The van der Waals surface area contributed by atoms with Crippen molar-refractivity contribution in [2.75, 3.05) is 9.80 Å². The van der Waals surface area contributed by atoms with Crippen molar-refractivity contribution in [1.82, 2.24) is 29.5 Å². The molecule has 0 spiro atoms. The van der Waals surface area contributed by atoms with Gasteiger partial charge in [-0.2, -0.15) is 22.3 Å². The molecule has 0 aliphatic carbocycles. The van der Waals surface area contributed by atoms with Crippen LogP contribution in [0.4, 0.5) is 34.4 Å². The third kappa shape index (κ3) is 11.5. The predicted molar refractivity (Wildman–Crippen MR) is 311 cm³/mol. The molecule has 2 aliphatic rings. The Bertz CT molecular complexity index is 3880. The number of halogens is 2. The van der Waals surface area contributed by atoms with Crippen LogP contribution in [0.1, 0.15) is 11.1 Å². The van der Waals surface area contributed by atoms with Gasteiger partial charge in [-0.15, -0.1) is 36.4 Å². The fourth-order valence-corrected chi connectivity index (χ4v) is 9.83. The van der Waals surface area contributed by atoms with E-state index in [0.717, 1.165) is 86.6 Å². The molecule has 0 bridgehead atoms. The van der Waals surface area contributed by atoms with Crippen molar-refractivity contribution in [2.24, 2.45) is 0 Å². The molecule has 4 aromatic heterocycles. The summed E-state index contributed by atoms with van der Waals surface area (Å²) in [5.74, 6) is 3.18. The molecule has 0 atom stereocenters. The molecular weight excluding hydrogens is 1200 g/mol. The van der Waals surface area contributed by atoms with Crippen molar-refractivity contribution in [3.05, 3.63) is 279 Å². The van der Waals surface area contributed by atoms with Gasteiger partial charge < -0.3 is 14.5 Å². The smallest absolute Gasteiger partial charge is 0.179 e. The number of hydrogen-bond acceptors (Lipinski definition) is 7. The molecule has 0 N–H and O–H groups in total. The summed E-state index contributed by atoms with van der Waals surface area (Å²) >= 11 is 4.44. The standard InChI is InChI=1S/C34H25N4.C32H21N4O.2ClH.2Pd/c1-2-8-25(9-3-1)26-15-17-27(18-16-26)30-23-36-37(24-30)31-12-6-13-32(22-31)38-33-14-5-4-10-28(33)19-20-29-11-7-21-35-34(29)38;1-2-8-23(9-3-1)24-15-17-25(18-16-24)26-21-34-35(22-26)27-10-6-11-28(20-27)36-29-12-4-5-13-30(29)37-31-14-7-19-33-32(31)36;;;;/h1-18,21,23-24H,19-20H2;1-19,21-22H;2*1H;;/q2*-1;;;2*+2/p-2. The molecule has 13 heteroatoms. The fourth-order valence-electron chi connectivity index (χ4n) is 9.83. The molecule has 9 nitrogen and oxygen atoms in total. The minimum Gasteiger partial charge on any atom is -0.451 e. The van der Waals surface area contributed by atoms with Gasteiger partial charge in [0, 0.05) is 41.6 Å². The minimum atomic E-state index is 0.709. The maximum Gasteiger partial charge on any atom is 0.179 e. The van der Waals surface area contributed by atoms with Crippen LogP contribution in [0.15, 0.2) is 256 Å². The van der Waals surface area contributed by atoms with Crippen LogP contribution in [-0.2, 0) is 49.2 Å². The van der Waals surface area contributed by atoms with E-state index in [1.54, 1.807) is 6.20 Å². The van der Waals surface area contributed by atoms with Crippen molar-refractivity contribution < 1.29 is 41.1 Å². The Morgan fingerprint density at radius 2 is 0.759 bits per heavy atom. The molecule has 14 rings (SSSR count). The first-order chi connectivity index (χ1) is 39.2. The van der Waals surface area contributed by atoms with Gasteiger partial charge in [-0.25, -0.2) is 9.97 Å². The topological polar surface area (TPSA) is 77.1 Å². The average Bonchev–Trinajstić information content (AvgIpc) is 4.30. The Balaban J connectivity index is 0.000000157. The summed E-state index contributed by atoms with van der Waals surface area (Å²) < 4.78 is 9.85. The van der Waals surface area contributed by atoms with E-state index in [0.29, 0.717) is 5.75 Å². The molecule has 0 unspecified atom stereocenters. The molecular formula is C66H46Cl2N8OPd2. The number of hydrogen-bond donors (Lipinski definition) is 0. The summed E-state index contributed by atoms with van der Waals surface area (Å²) in [6.45, 7) is 0. The molecule has 0 fully saturated rings. The summed E-state index contributed by atoms with van der Waals surface area (Å²) in [6.07, 6.45) is 13.5. The van der Waals surface area contributed by atoms with E-state index in [1.807, 2.05) is 113 Å². The van der Waals surface area contributed by atoms with E-state index in [2.05, 4.69) is 238 Å². The summed E-state index contributed by atoms with van der Waals surface area (Å²) in [7, 11) is 8.98. The largest absolute Gasteiger partial charge is 0.451 e. The van der Waals surface area contributed by atoms with Gasteiger partial charge in [0.2, 0.25) is 0 Å². The van der Waals surface area contributed by atoms with Crippen LogP contribution in [0.5, 0.6) is 11.5 Å². The predicted octanol–water partition coefficient (Wildman–Crippen LogP) is 17.3. The Labute approximate surface area is 489 Å². The Hall–Kier alpha value is -8.22. The van der Waals surface area contributed by atoms with Gasteiger partial charge in [0.25, 0.3) is 0 Å². The fraction of sp³-hybridized carbons (Fsp3) is 0.0303. The van der Waals surface area contributed by atoms with E-state index in [1.165, 1.54) is 33.4 Å². The third-order valence-electron chi connectivity index (χ3n) is 13.6. The summed E-state index contributed by atoms with van der Waals surface area (Å²) in [4.78, 5) is 13.7. The first-order valence-corrected chi connectivity index (χ1v) is 29.2. The van der Waals surface area contributed by atoms with E-state index in [-0.39, 0.29) is 0 Å². The van der Waals surface area contributed by atoms with E-state index < -0.39 is 0 Å². The average molecular weight is 1250 g/mol. The number of ether oxygens (including phenoxy) is 1. The quantitative estimate of drug-likeness (QED) is 0.111. The second-order valence-electron chi connectivity index (χ2n) is 18.3. The van der Waals surface area contributed by atoms with Gasteiger partial charge in [0.1, 0.15) is 5.82 Å². The molecule has 12 aromatic rings. The Kier molecular flexibility index (Phi) is 16.8. The molecule has 0 amide bonds. The number of pyridine rings is 2. The molecule has 0 radical (unpaired) electrons. The van der Waals surface area contributed by atoms with Crippen molar-refractivity contribution in [3.63, 3.8) is 0 Å². The maximum atomic E-state index is 6.10. The van der Waals surface area contributed by atoms with Crippen molar-refractivity contribution in [1.29, 1.82) is 0 Å². The zero-order valence-electron chi connectivity index (χ0n) is 42.0. The molecule has 0 saturated heterocycles. The minimum absolute atomic E-state index is 0.709. The van der Waals surface area contributed by atoms with Crippen LogP contribution in [0, 0.1) is 12.1 Å². The van der Waals surface area contributed by atoms with Crippen LogP contribution in [-0.4, -0.2) is 29.5 Å². The summed E-state index contributed by atoms with van der Waals surface area (Å²) in [5, 5.41) is 9.33. The zero-order valence-corrected chi connectivity index (χ0v) is 46.7. The first kappa shape index (κ1) is 52.8. The monoisotopic (exact) mass is 1250 g/mol. The number of rotatable bonds is 8. The van der Waals surface area contributed by atoms with Crippen LogP contribution in [0.2, 0.25) is 0 Å². The SMILES string of the molecule is [Cl][Pd+].[Cl][Pd+].[c-]1c(N2c3ccccc3CCc3cccnc32)cccc1-n1cc(-c2ccc(-c3ccccc3)cc2)cn1.[c-]1c(N2c3ccccc3Oc3cccnc32)cccc1-n1cc(-c2ccc(-c3ccccc3)cc2)cn1. The van der Waals surface area contributed by atoms with Crippen LogP contribution in [0.25, 0.3) is 55.9 Å². The van der Waals surface area contributed by atoms with E-state index in [9.17, 15) is 0 Å². The molecule has 8 aromatic carbocycles. The van der Waals surface area contributed by atoms with Crippen LogP contribution in [0.3, 0.4) is 0 Å². The van der Waals surface area contributed by atoms with Gasteiger partial charge >= 0.3 is 55.4 Å². The van der Waals surface area contributed by atoms with Crippen LogP contribution >= 0.6 is 19.1 Å². The number of para-hydroxylation sites is 3. The summed E-state index contributed by atoms with van der Waals surface area (Å²) in [6, 6.07) is 82.0. The number of benzene rings is 8. The molecule has 79 heavy (non-hydrogen) atoms. The molecule has 0 saturated carbocycles. The number of aromatic nitrogens is 6. The molecule has 6 heterocycles. The van der Waals surface area contributed by atoms with Crippen molar-refractivity contribution in [3.8, 4) is 67.4 Å². The zero-order chi connectivity index (χ0) is 53.9. The van der Waals surface area contributed by atoms with Crippen LogP contribution < -0.4 is 14.5 Å². The Morgan fingerprint density at radius 1 is 0.354 bits per heavy atom.